The van der Waals surface area contributed by atoms with Crippen molar-refractivity contribution in [1.82, 2.24) is 10.3 Å². The standard InChI is InChI=1S/C15H24N2O3S2/c1-4-5-13-16-10(2)14(21-13)15(18)17-11-6-8-12(9-7-11)22(3,19)20/h11-12H,4-9H2,1-3H3,(H,17,18). The molecule has 0 aromatic carbocycles. The monoisotopic (exact) mass is 344 g/mol. The molecule has 1 N–H and O–H groups in total. The van der Waals surface area contributed by atoms with Gasteiger partial charge in [-0.25, -0.2) is 13.4 Å². The summed E-state index contributed by atoms with van der Waals surface area (Å²) in [5.41, 5.74) is 0.788. The lowest BCUT2D eigenvalue weighted by atomic mass is 9.95. The highest BCUT2D eigenvalue weighted by Gasteiger charge is 2.29. The molecular formula is C15H24N2O3S2. The van der Waals surface area contributed by atoms with Crippen LogP contribution in [0.4, 0.5) is 0 Å². The van der Waals surface area contributed by atoms with E-state index in [-0.39, 0.29) is 17.2 Å². The summed E-state index contributed by atoms with van der Waals surface area (Å²) in [5.74, 6) is -0.0693. The second-order valence-electron chi connectivity index (χ2n) is 6.05. The number of hydrogen-bond acceptors (Lipinski definition) is 5. The van der Waals surface area contributed by atoms with Crippen molar-refractivity contribution in [3.63, 3.8) is 0 Å². The zero-order valence-electron chi connectivity index (χ0n) is 13.4. The van der Waals surface area contributed by atoms with Crippen molar-refractivity contribution in [3.8, 4) is 0 Å². The molecule has 1 aliphatic rings. The normalized spacial score (nSPS) is 22.5. The number of aryl methyl sites for hydroxylation is 2. The first-order valence-corrected chi connectivity index (χ1v) is 10.5. The van der Waals surface area contributed by atoms with Gasteiger partial charge in [-0.2, -0.15) is 0 Å². The molecule has 1 saturated carbocycles. The highest BCUT2D eigenvalue weighted by atomic mass is 32.2. The average molecular weight is 345 g/mol. The van der Waals surface area contributed by atoms with Gasteiger partial charge in [-0.3, -0.25) is 4.79 Å². The Kier molecular flexibility index (Phi) is 5.60. The smallest absolute Gasteiger partial charge is 0.263 e. The molecule has 1 amide bonds. The van der Waals surface area contributed by atoms with E-state index < -0.39 is 9.84 Å². The molecule has 1 heterocycles. The van der Waals surface area contributed by atoms with E-state index >= 15 is 0 Å². The van der Waals surface area contributed by atoms with Crippen molar-refractivity contribution in [2.24, 2.45) is 0 Å². The zero-order chi connectivity index (χ0) is 16.3. The molecule has 1 aromatic rings. The van der Waals surface area contributed by atoms with Crippen LogP contribution in [-0.4, -0.2) is 36.9 Å². The van der Waals surface area contributed by atoms with Gasteiger partial charge in [0, 0.05) is 12.3 Å². The van der Waals surface area contributed by atoms with Crippen molar-refractivity contribution in [2.75, 3.05) is 6.26 Å². The Morgan fingerprint density at radius 2 is 1.95 bits per heavy atom. The van der Waals surface area contributed by atoms with Crippen molar-refractivity contribution in [1.29, 1.82) is 0 Å². The highest BCUT2D eigenvalue weighted by Crippen LogP contribution is 2.25. The molecule has 0 spiro atoms. The zero-order valence-corrected chi connectivity index (χ0v) is 15.0. The van der Waals surface area contributed by atoms with Gasteiger partial charge in [0.25, 0.3) is 5.91 Å². The van der Waals surface area contributed by atoms with Gasteiger partial charge in [0.05, 0.1) is 16.0 Å². The Hall–Kier alpha value is -0.950. The minimum atomic E-state index is -2.96. The Balaban J connectivity index is 1.93. The van der Waals surface area contributed by atoms with E-state index in [1.54, 1.807) is 0 Å². The maximum atomic E-state index is 12.4. The topological polar surface area (TPSA) is 76.1 Å². The van der Waals surface area contributed by atoms with Gasteiger partial charge >= 0.3 is 0 Å². The number of amides is 1. The quantitative estimate of drug-likeness (QED) is 0.890. The number of nitrogens with zero attached hydrogens (tertiary/aromatic N) is 1. The van der Waals surface area contributed by atoms with Gasteiger partial charge in [0.15, 0.2) is 0 Å². The summed E-state index contributed by atoms with van der Waals surface area (Å²) in [4.78, 5) is 17.5. The molecular weight excluding hydrogens is 320 g/mol. The third kappa shape index (κ3) is 4.29. The van der Waals surface area contributed by atoms with Gasteiger partial charge in [-0.15, -0.1) is 11.3 Å². The van der Waals surface area contributed by atoms with E-state index in [1.807, 2.05) is 6.92 Å². The summed E-state index contributed by atoms with van der Waals surface area (Å²) in [6, 6.07) is 0.0709. The summed E-state index contributed by atoms with van der Waals surface area (Å²) >= 11 is 1.47. The fourth-order valence-corrected chi connectivity index (χ4v) is 5.07. The van der Waals surface area contributed by atoms with Crippen LogP contribution in [0.2, 0.25) is 0 Å². The third-order valence-electron chi connectivity index (χ3n) is 4.13. The summed E-state index contributed by atoms with van der Waals surface area (Å²) in [5, 5.41) is 3.80. The molecule has 1 aromatic heterocycles. The molecule has 0 saturated heterocycles. The number of hydrogen-bond donors (Lipinski definition) is 1. The van der Waals surface area contributed by atoms with Crippen LogP contribution in [0, 0.1) is 6.92 Å². The average Bonchev–Trinajstić information content (AvgIpc) is 2.80. The maximum absolute atomic E-state index is 12.4. The van der Waals surface area contributed by atoms with E-state index in [0.29, 0.717) is 17.7 Å². The van der Waals surface area contributed by atoms with E-state index in [9.17, 15) is 13.2 Å². The van der Waals surface area contributed by atoms with Crippen LogP contribution in [0.5, 0.6) is 0 Å². The Labute approximate surface area is 136 Å². The number of carbonyl (C=O) groups is 1. The number of carbonyl (C=O) groups excluding carboxylic acids is 1. The predicted octanol–water partition coefficient (Wildman–Crippen LogP) is 2.49. The molecule has 0 radical (unpaired) electrons. The second kappa shape index (κ2) is 7.08. The molecule has 1 fully saturated rings. The predicted molar refractivity (Wildman–Crippen MR) is 89.2 cm³/mol. The second-order valence-corrected chi connectivity index (χ2v) is 9.46. The van der Waals surface area contributed by atoms with E-state index in [4.69, 9.17) is 0 Å². The summed E-state index contributed by atoms with van der Waals surface area (Å²) in [6.07, 6.45) is 5.93. The SMILES string of the molecule is CCCc1nc(C)c(C(=O)NC2CCC(S(C)(=O)=O)CC2)s1. The first-order valence-electron chi connectivity index (χ1n) is 7.77. The molecule has 2 rings (SSSR count). The number of sulfone groups is 1. The summed E-state index contributed by atoms with van der Waals surface area (Å²) in [7, 11) is -2.96. The molecule has 0 bridgehead atoms. The van der Waals surface area contributed by atoms with Crippen LogP contribution < -0.4 is 5.32 Å². The number of thiazole rings is 1. The third-order valence-corrected chi connectivity index (χ3v) is 7.02. The van der Waals surface area contributed by atoms with Gasteiger partial charge in [-0.1, -0.05) is 6.92 Å². The van der Waals surface area contributed by atoms with E-state index in [0.717, 1.165) is 36.4 Å². The van der Waals surface area contributed by atoms with Crippen LogP contribution >= 0.6 is 11.3 Å². The van der Waals surface area contributed by atoms with Gasteiger partial charge < -0.3 is 5.32 Å². The fourth-order valence-electron chi connectivity index (χ4n) is 2.87. The summed E-state index contributed by atoms with van der Waals surface area (Å²) in [6.45, 7) is 3.96. The maximum Gasteiger partial charge on any atom is 0.263 e. The lowest BCUT2D eigenvalue weighted by Gasteiger charge is -2.27. The number of rotatable bonds is 5. The van der Waals surface area contributed by atoms with Crippen LogP contribution in [0.15, 0.2) is 0 Å². The van der Waals surface area contributed by atoms with E-state index in [2.05, 4.69) is 17.2 Å². The molecule has 5 nitrogen and oxygen atoms in total. The molecule has 124 valence electrons. The minimum Gasteiger partial charge on any atom is -0.349 e. The number of nitrogens with one attached hydrogen (secondary N) is 1. The Morgan fingerprint density at radius 3 is 2.50 bits per heavy atom. The fraction of sp³-hybridized carbons (Fsp3) is 0.733. The Morgan fingerprint density at radius 1 is 1.32 bits per heavy atom. The van der Waals surface area contributed by atoms with Crippen LogP contribution in [0.1, 0.15) is 59.4 Å². The Bertz CT molecular complexity index is 629. The lowest BCUT2D eigenvalue weighted by molar-refractivity contribution is 0.0931. The molecule has 1 aliphatic carbocycles. The molecule has 0 atom stereocenters. The van der Waals surface area contributed by atoms with Crippen molar-refractivity contribution in [3.05, 3.63) is 15.6 Å². The largest absolute Gasteiger partial charge is 0.349 e. The first-order chi connectivity index (χ1) is 10.3. The van der Waals surface area contributed by atoms with Crippen molar-refractivity contribution < 1.29 is 13.2 Å². The number of aromatic nitrogens is 1. The molecule has 0 unspecified atom stereocenters. The minimum absolute atomic E-state index is 0.0693. The molecule has 7 heteroatoms. The first kappa shape index (κ1) is 17.4. The van der Waals surface area contributed by atoms with Crippen molar-refractivity contribution in [2.45, 2.75) is 63.7 Å². The van der Waals surface area contributed by atoms with Crippen LogP contribution in [-0.2, 0) is 16.3 Å². The van der Waals surface area contributed by atoms with Crippen LogP contribution in [0.25, 0.3) is 0 Å². The molecule has 22 heavy (non-hydrogen) atoms. The van der Waals surface area contributed by atoms with E-state index in [1.165, 1.54) is 17.6 Å². The highest BCUT2D eigenvalue weighted by molar-refractivity contribution is 7.91. The van der Waals surface area contributed by atoms with Gasteiger partial charge in [-0.05, 0) is 45.4 Å². The van der Waals surface area contributed by atoms with Gasteiger partial charge in [0.2, 0.25) is 0 Å². The van der Waals surface area contributed by atoms with Crippen LogP contribution in [0.3, 0.4) is 0 Å². The lowest BCUT2D eigenvalue weighted by Crippen LogP contribution is -2.40. The molecule has 0 aliphatic heterocycles. The van der Waals surface area contributed by atoms with Crippen molar-refractivity contribution >= 4 is 27.1 Å². The van der Waals surface area contributed by atoms with Gasteiger partial charge in [0.1, 0.15) is 14.7 Å². The summed E-state index contributed by atoms with van der Waals surface area (Å²) < 4.78 is 23.1.